The highest BCUT2D eigenvalue weighted by Gasteiger charge is 2.31. The average molecular weight is 561 g/mol. The minimum absolute atomic E-state index is 0.0150. The first-order valence-corrected chi connectivity index (χ1v) is 12.2. The zero-order valence-electron chi connectivity index (χ0n) is 20.7. The molecule has 0 aliphatic carbocycles. The van der Waals surface area contributed by atoms with Gasteiger partial charge in [-0.25, -0.2) is 4.68 Å². The van der Waals surface area contributed by atoms with Crippen molar-refractivity contribution in [3.8, 4) is 28.8 Å². The Morgan fingerprint density at radius 2 is 1.74 bits per heavy atom. The van der Waals surface area contributed by atoms with E-state index >= 15 is 0 Å². The standard InChI is InChI=1S/C27H24ClF3N4O4/c1-2-37-14-15-38-26-33-25(18-4-3-5-19(16-18)27(29,30)31)35(34-26)22-10-8-21(9-11-22)32-24(36)17-39-23-12-6-20(28)7-13-23/h3-13,16H,2,14-15,17H2,1H3,(H,32,36). The Kier molecular flexibility index (Phi) is 9.05. The number of aromatic nitrogens is 3. The quantitative estimate of drug-likeness (QED) is 0.225. The lowest BCUT2D eigenvalue weighted by molar-refractivity contribution is -0.137. The molecule has 8 nitrogen and oxygen atoms in total. The molecule has 204 valence electrons. The number of halogens is 4. The molecule has 1 aromatic heterocycles. The molecule has 1 N–H and O–H groups in total. The van der Waals surface area contributed by atoms with Crippen molar-refractivity contribution in [1.29, 1.82) is 0 Å². The van der Waals surface area contributed by atoms with Gasteiger partial charge in [-0.15, -0.1) is 5.10 Å². The number of hydrogen-bond acceptors (Lipinski definition) is 6. The Labute approximate surface area is 227 Å². The smallest absolute Gasteiger partial charge is 0.416 e. The fourth-order valence-electron chi connectivity index (χ4n) is 3.45. The largest absolute Gasteiger partial charge is 0.484 e. The van der Waals surface area contributed by atoms with Crippen molar-refractivity contribution in [3.05, 3.63) is 83.4 Å². The molecule has 0 saturated heterocycles. The Morgan fingerprint density at radius 1 is 1.00 bits per heavy atom. The van der Waals surface area contributed by atoms with Crippen LogP contribution in [0.2, 0.25) is 5.02 Å². The summed E-state index contributed by atoms with van der Waals surface area (Å²) < 4.78 is 57.6. The van der Waals surface area contributed by atoms with Crippen molar-refractivity contribution in [2.45, 2.75) is 13.1 Å². The average Bonchev–Trinajstić information content (AvgIpc) is 3.35. The predicted octanol–water partition coefficient (Wildman–Crippen LogP) is 6.04. The van der Waals surface area contributed by atoms with Gasteiger partial charge in [0.25, 0.3) is 5.91 Å². The summed E-state index contributed by atoms with van der Waals surface area (Å²) in [6, 6.07) is 17.9. The van der Waals surface area contributed by atoms with E-state index < -0.39 is 11.7 Å². The van der Waals surface area contributed by atoms with E-state index in [1.807, 2.05) is 6.92 Å². The minimum Gasteiger partial charge on any atom is -0.484 e. The van der Waals surface area contributed by atoms with Crippen molar-refractivity contribution in [2.24, 2.45) is 0 Å². The summed E-state index contributed by atoms with van der Waals surface area (Å²) in [5, 5.41) is 7.61. The van der Waals surface area contributed by atoms with Crippen molar-refractivity contribution in [3.63, 3.8) is 0 Å². The van der Waals surface area contributed by atoms with Crippen LogP contribution < -0.4 is 14.8 Å². The summed E-state index contributed by atoms with van der Waals surface area (Å²) in [4.78, 5) is 16.6. The van der Waals surface area contributed by atoms with E-state index in [9.17, 15) is 18.0 Å². The number of amides is 1. The van der Waals surface area contributed by atoms with Crippen molar-refractivity contribution in [1.82, 2.24) is 14.8 Å². The van der Waals surface area contributed by atoms with Crippen LogP contribution in [-0.4, -0.2) is 47.1 Å². The molecule has 0 fully saturated rings. The highest BCUT2D eigenvalue weighted by molar-refractivity contribution is 6.30. The Hall–Kier alpha value is -4.09. The van der Waals surface area contributed by atoms with Crippen LogP contribution in [0.25, 0.3) is 17.1 Å². The molecule has 12 heteroatoms. The number of benzene rings is 3. The van der Waals surface area contributed by atoms with E-state index in [-0.39, 0.29) is 36.5 Å². The second kappa shape index (κ2) is 12.6. The molecule has 1 heterocycles. The van der Waals surface area contributed by atoms with Crippen LogP contribution in [0, 0.1) is 0 Å². The van der Waals surface area contributed by atoms with E-state index in [1.165, 1.54) is 16.8 Å². The first kappa shape index (κ1) is 27.9. The summed E-state index contributed by atoms with van der Waals surface area (Å²) >= 11 is 5.84. The van der Waals surface area contributed by atoms with Gasteiger partial charge in [-0.2, -0.15) is 18.2 Å². The zero-order chi connectivity index (χ0) is 27.8. The highest BCUT2D eigenvalue weighted by atomic mass is 35.5. The Bertz CT molecular complexity index is 1390. The molecule has 3 aromatic carbocycles. The van der Waals surface area contributed by atoms with Crippen molar-refractivity contribution < 1.29 is 32.2 Å². The first-order valence-electron chi connectivity index (χ1n) is 11.9. The Morgan fingerprint density at radius 3 is 2.44 bits per heavy atom. The maximum absolute atomic E-state index is 13.3. The maximum Gasteiger partial charge on any atom is 0.416 e. The van der Waals surface area contributed by atoms with Gasteiger partial charge in [0, 0.05) is 22.9 Å². The monoisotopic (exact) mass is 560 g/mol. The highest BCUT2D eigenvalue weighted by Crippen LogP contribution is 2.33. The van der Waals surface area contributed by atoms with Crippen LogP contribution >= 0.6 is 11.6 Å². The Balaban J connectivity index is 1.52. The van der Waals surface area contributed by atoms with Crippen LogP contribution in [0.3, 0.4) is 0 Å². The second-order valence-corrected chi connectivity index (χ2v) is 8.53. The maximum atomic E-state index is 13.3. The zero-order valence-corrected chi connectivity index (χ0v) is 21.5. The van der Waals surface area contributed by atoms with E-state index in [0.717, 1.165) is 12.1 Å². The minimum atomic E-state index is -4.52. The number of anilines is 1. The number of nitrogens with one attached hydrogen (secondary N) is 1. The molecular weight excluding hydrogens is 537 g/mol. The molecule has 1 amide bonds. The molecule has 4 rings (SSSR count). The summed E-state index contributed by atoms with van der Waals surface area (Å²) in [7, 11) is 0. The molecule has 0 radical (unpaired) electrons. The van der Waals surface area contributed by atoms with E-state index in [2.05, 4.69) is 15.4 Å². The van der Waals surface area contributed by atoms with Gasteiger partial charge >= 0.3 is 12.2 Å². The number of nitrogens with zero attached hydrogens (tertiary/aromatic N) is 3. The normalized spacial score (nSPS) is 11.3. The van der Waals surface area contributed by atoms with Gasteiger partial charge in [0.1, 0.15) is 12.4 Å². The predicted molar refractivity (Wildman–Crippen MR) is 139 cm³/mol. The lowest BCUT2D eigenvalue weighted by atomic mass is 10.1. The molecule has 0 saturated carbocycles. The molecule has 39 heavy (non-hydrogen) atoms. The van der Waals surface area contributed by atoms with Crippen LogP contribution in [0.1, 0.15) is 12.5 Å². The number of ether oxygens (including phenoxy) is 3. The van der Waals surface area contributed by atoms with Gasteiger partial charge < -0.3 is 19.5 Å². The third-order valence-electron chi connectivity index (χ3n) is 5.28. The number of rotatable bonds is 11. The van der Waals surface area contributed by atoms with Crippen LogP contribution in [-0.2, 0) is 15.7 Å². The fraction of sp³-hybridized carbons (Fsp3) is 0.222. The van der Waals surface area contributed by atoms with Gasteiger partial charge in [0.2, 0.25) is 0 Å². The second-order valence-electron chi connectivity index (χ2n) is 8.09. The summed E-state index contributed by atoms with van der Waals surface area (Å²) in [6.07, 6.45) is -4.52. The third-order valence-corrected chi connectivity index (χ3v) is 5.53. The summed E-state index contributed by atoms with van der Waals surface area (Å²) in [6.45, 7) is 2.62. The molecule has 0 aliphatic heterocycles. The van der Waals surface area contributed by atoms with E-state index in [1.54, 1.807) is 48.5 Å². The topological polar surface area (TPSA) is 87.5 Å². The lowest BCUT2D eigenvalue weighted by Gasteiger charge is -2.11. The molecule has 4 aromatic rings. The van der Waals surface area contributed by atoms with Crippen LogP contribution in [0.4, 0.5) is 18.9 Å². The van der Waals surface area contributed by atoms with Crippen molar-refractivity contribution in [2.75, 3.05) is 31.7 Å². The number of carbonyl (C=O) groups is 1. The van der Waals surface area contributed by atoms with E-state index in [4.69, 9.17) is 25.8 Å². The molecule has 0 unspecified atom stereocenters. The lowest BCUT2D eigenvalue weighted by Crippen LogP contribution is -2.20. The number of hydrogen-bond donors (Lipinski definition) is 1. The van der Waals surface area contributed by atoms with E-state index in [0.29, 0.717) is 35.4 Å². The molecule has 0 atom stereocenters. The van der Waals surface area contributed by atoms with Gasteiger partial charge in [-0.3, -0.25) is 4.79 Å². The summed E-state index contributed by atoms with van der Waals surface area (Å²) in [5.74, 6) is 0.270. The number of alkyl halides is 3. The van der Waals surface area contributed by atoms with Crippen molar-refractivity contribution >= 4 is 23.2 Å². The van der Waals surface area contributed by atoms with Gasteiger partial charge in [0.05, 0.1) is 17.9 Å². The van der Waals surface area contributed by atoms with Crippen LogP contribution in [0.5, 0.6) is 11.8 Å². The summed E-state index contributed by atoms with van der Waals surface area (Å²) in [5.41, 5.74) is 0.364. The molecule has 0 bridgehead atoms. The SMILES string of the molecule is CCOCCOc1nc(-c2cccc(C(F)(F)F)c2)n(-c2ccc(NC(=O)COc3ccc(Cl)cc3)cc2)n1. The fourth-order valence-corrected chi connectivity index (χ4v) is 3.58. The van der Waals surface area contributed by atoms with Crippen LogP contribution in [0.15, 0.2) is 72.8 Å². The molecular formula is C27H24ClF3N4O4. The van der Waals surface area contributed by atoms with Gasteiger partial charge in [-0.1, -0.05) is 23.7 Å². The van der Waals surface area contributed by atoms with Gasteiger partial charge in [-0.05, 0) is 67.6 Å². The molecule has 0 aliphatic rings. The third kappa shape index (κ3) is 7.71. The molecule has 0 spiro atoms. The van der Waals surface area contributed by atoms with Gasteiger partial charge in [0.15, 0.2) is 12.4 Å². The first-order chi connectivity index (χ1) is 18.7. The number of carbonyl (C=O) groups excluding carboxylic acids is 1.